The molecule has 3 aromatic rings. The fourth-order valence-corrected chi connectivity index (χ4v) is 3.06. The third-order valence-electron chi connectivity index (χ3n) is 4.52. The Labute approximate surface area is 135 Å². The monoisotopic (exact) mass is 330 g/mol. The molecule has 1 aliphatic rings. The van der Waals surface area contributed by atoms with Crippen LogP contribution in [0, 0.1) is 17.5 Å². The number of nitrogens with one attached hydrogen (secondary N) is 2. The molecule has 0 aliphatic heterocycles. The molecule has 1 aliphatic carbocycles. The maximum atomic E-state index is 13.3. The van der Waals surface area contributed by atoms with Crippen molar-refractivity contribution >= 4 is 22.5 Å². The quantitative estimate of drug-likeness (QED) is 0.741. The summed E-state index contributed by atoms with van der Waals surface area (Å²) in [6.07, 6.45) is 3.00. The largest absolute Gasteiger partial charge is 0.361 e. The summed E-state index contributed by atoms with van der Waals surface area (Å²) in [4.78, 5) is 15.7. The minimum absolute atomic E-state index is 0.205. The van der Waals surface area contributed by atoms with Crippen molar-refractivity contribution in [2.45, 2.75) is 18.3 Å². The molecule has 2 aromatic carbocycles. The number of aromatic nitrogens is 1. The van der Waals surface area contributed by atoms with Crippen molar-refractivity contribution < 1.29 is 18.0 Å². The molecule has 4 rings (SSSR count). The standard InChI is InChI=1S/C18H13F3N2O/c19-10-1-3-12-13(9-22-16(12)7-10)18(5-6-18)17(24)23-11-2-4-14(20)15(21)8-11/h1-4,7-9,22H,5-6H2,(H,23,24). The highest BCUT2D eigenvalue weighted by Crippen LogP contribution is 2.51. The van der Waals surface area contributed by atoms with Crippen molar-refractivity contribution in [3.63, 3.8) is 0 Å². The molecule has 0 spiro atoms. The minimum atomic E-state index is -1.01. The molecule has 1 fully saturated rings. The number of carbonyl (C=O) groups is 1. The summed E-state index contributed by atoms with van der Waals surface area (Å²) in [5, 5.41) is 3.43. The number of benzene rings is 2. The van der Waals surface area contributed by atoms with Crippen molar-refractivity contribution in [2.24, 2.45) is 0 Å². The molecule has 3 nitrogen and oxygen atoms in total. The number of H-pyrrole nitrogens is 1. The Morgan fingerprint density at radius 1 is 1.04 bits per heavy atom. The van der Waals surface area contributed by atoms with E-state index < -0.39 is 17.0 Å². The maximum Gasteiger partial charge on any atom is 0.235 e. The van der Waals surface area contributed by atoms with Gasteiger partial charge in [0.1, 0.15) is 5.82 Å². The smallest absolute Gasteiger partial charge is 0.235 e. The Balaban J connectivity index is 1.66. The van der Waals surface area contributed by atoms with Crippen LogP contribution in [0.4, 0.5) is 18.9 Å². The van der Waals surface area contributed by atoms with Gasteiger partial charge in [0.05, 0.1) is 5.41 Å². The van der Waals surface area contributed by atoms with Crippen LogP contribution in [-0.2, 0) is 10.2 Å². The maximum absolute atomic E-state index is 13.3. The van der Waals surface area contributed by atoms with E-state index in [0.717, 1.165) is 23.1 Å². The van der Waals surface area contributed by atoms with Crippen molar-refractivity contribution in [1.82, 2.24) is 4.98 Å². The van der Waals surface area contributed by atoms with Crippen molar-refractivity contribution in [3.8, 4) is 0 Å². The van der Waals surface area contributed by atoms with Crippen LogP contribution in [0.5, 0.6) is 0 Å². The number of carbonyl (C=O) groups excluding carboxylic acids is 1. The van der Waals surface area contributed by atoms with Gasteiger partial charge in [-0.25, -0.2) is 13.2 Å². The Morgan fingerprint density at radius 3 is 2.54 bits per heavy atom. The highest BCUT2D eigenvalue weighted by atomic mass is 19.2. The summed E-state index contributed by atoms with van der Waals surface area (Å²) >= 11 is 0. The molecule has 1 heterocycles. The lowest BCUT2D eigenvalue weighted by atomic mass is 9.94. The summed E-state index contributed by atoms with van der Waals surface area (Å²) in [6, 6.07) is 7.61. The van der Waals surface area contributed by atoms with Gasteiger partial charge in [-0.05, 0) is 48.7 Å². The van der Waals surface area contributed by atoms with Crippen molar-refractivity contribution in [1.29, 1.82) is 0 Å². The Hall–Kier alpha value is -2.76. The number of hydrogen-bond acceptors (Lipinski definition) is 1. The van der Waals surface area contributed by atoms with E-state index in [1.807, 2.05) is 0 Å². The van der Waals surface area contributed by atoms with E-state index in [9.17, 15) is 18.0 Å². The predicted octanol–water partition coefficient (Wildman–Crippen LogP) is 4.26. The van der Waals surface area contributed by atoms with Crippen molar-refractivity contribution in [3.05, 3.63) is 65.6 Å². The average Bonchev–Trinajstić information content (AvgIpc) is 3.25. The first-order valence-corrected chi connectivity index (χ1v) is 7.53. The molecule has 0 bridgehead atoms. The van der Waals surface area contributed by atoms with Gasteiger partial charge in [0.2, 0.25) is 5.91 Å². The van der Waals surface area contributed by atoms with Gasteiger partial charge in [-0.2, -0.15) is 0 Å². The first kappa shape index (κ1) is 14.8. The van der Waals surface area contributed by atoms with Crippen LogP contribution in [0.2, 0.25) is 0 Å². The fourth-order valence-electron chi connectivity index (χ4n) is 3.06. The van der Waals surface area contributed by atoms with Crippen LogP contribution in [0.15, 0.2) is 42.6 Å². The molecule has 0 unspecified atom stereocenters. The van der Waals surface area contributed by atoms with Crippen LogP contribution in [-0.4, -0.2) is 10.9 Å². The number of rotatable bonds is 3. The van der Waals surface area contributed by atoms with E-state index >= 15 is 0 Å². The van der Waals surface area contributed by atoms with Crippen LogP contribution >= 0.6 is 0 Å². The van der Waals surface area contributed by atoms with Gasteiger partial charge in [-0.15, -0.1) is 0 Å². The summed E-state index contributed by atoms with van der Waals surface area (Å²) in [7, 11) is 0. The van der Waals surface area contributed by atoms with Crippen LogP contribution < -0.4 is 5.32 Å². The molecule has 0 radical (unpaired) electrons. The molecule has 2 N–H and O–H groups in total. The Bertz CT molecular complexity index is 960. The van der Waals surface area contributed by atoms with Gasteiger partial charge >= 0.3 is 0 Å². The molecule has 0 atom stereocenters. The van der Waals surface area contributed by atoms with E-state index in [0.29, 0.717) is 18.4 Å². The minimum Gasteiger partial charge on any atom is -0.361 e. The predicted molar refractivity (Wildman–Crippen MR) is 84.2 cm³/mol. The second kappa shape index (κ2) is 5.12. The van der Waals surface area contributed by atoms with Crippen LogP contribution in [0.3, 0.4) is 0 Å². The SMILES string of the molecule is O=C(Nc1ccc(F)c(F)c1)C1(c2c[nH]c3cc(F)ccc23)CC1. The summed E-state index contributed by atoms with van der Waals surface area (Å²) in [6.45, 7) is 0. The molecule has 0 saturated heterocycles. The van der Waals surface area contributed by atoms with Gasteiger partial charge in [0.25, 0.3) is 0 Å². The highest BCUT2D eigenvalue weighted by Gasteiger charge is 2.52. The van der Waals surface area contributed by atoms with Gasteiger partial charge in [0, 0.05) is 28.9 Å². The second-order valence-corrected chi connectivity index (χ2v) is 6.06. The zero-order valence-corrected chi connectivity index (χ0v) is 12.5. The zero-order chi connectivity index (χ0) is 16.9. The summed E-state index contributed by atoms with van der Waals surface area (Å²) < 4.78 is 39.6. The summed E-state index contributed by atoms with van der Waals surface area (Å²) in [5.41, 5.74) is 0.895. The number of fused-ring (bicyclic) bond motifs is 1. The fraction of sp³-hybridized carbons (Fsp3) is 0.167. The van der Waals surface area contributed by atoms with Crippen LogP contribution in [0.1, 0.15) is 18.4 Å². The number of halogens is 3. The van der Waals surface area contributed by atoms with Gasteiger partial charge in [-0.1, -0.05) is 0 Å². The lowest BCUT2D eigenvalue weighted by Crippen LogP contribution is -2.27. The first-order chi connectivity index (χ1) is 11.5. The van der Waals surface area contributed by atoms with E-state index in [2.05, 4.69) is 10.3 Å². The first-order valence-electron chi connectivity index (χ1n) is 7.53. The van der Waals surface area contributed by atoms with E-state index in [4.69, 9.17) is 0 Å². The number of amides is 1. The zero-order valence-electron chi connectivity index (χ0n) is 12.5. The van der Waals surface area contributed by atoms with Gasteiger partial charge < -0.3 is 10.3 Å². The third-order valence-corrected chi connectivity index (χ3v) is 4.52. The van der Waals surface area contributed by atoms with Crippen LogP contribution in [0.25, 0.3) is 10.9 Å². The van der Waals surface area contributed by atoms with Gasteiger partial charge in [-0.3, -0.25) is 4.79 Å². The summed E-state index contributed by atoms with van der Waals surface area (Å²) in [5.74, 6) is -2.61. The van der Waals surface area contributed by atoms with E-state index in [1.54, 1.807) is 12.3 Å². The van der Waals surface area contributed by atoms with Crippen molar-refractivity contribution in [2.75, 3.05) is 5.32 Å². The molecule has 24 heavy (non-hydrogen) atoms. The number of aromatic amines is 1. The third kappa shape index (κ3) is 2.26. The molecule has 1 saturated carbocycles. The molecular weight excluding hydrogens is 317 g/mol. The lowest BCUT2D eigenvalue weighted by molar-refractivity contribution is -0.118. The molecule has 1 aromatic heterocycles. The average molecular weight is 330 g/mol. The molecule has 1 amide bonds. The van der Waals surface area contributed by atoms with E-state index in [1.165, 1.54) is 18.2 Å². The Kier molecular flexibility index (Phi) is 3.16. The second-order valence-electron chi connectivity index (χ2n) is 6.06. The lowest BCUT2D eigenvalue weighted by Gasteiger charge is -2.15. The molecule has 6 heteroatoms. The van der Waals surface area contributed by atoms with Gasteiger partial charge in [0.15, 0.2) is 11.6 Å². The number of hydrogen-bond donors (Lipinski definition) is 2. The topological polar surface area (TPSA) is 44.9 Å². The normalized spacial score (nSPS) is 15.5. The number of anilines is 1. The Morgan fingerprint density at radius 2 is 1.83 bits per heavy atom. The highest BCUT2D eigenvalue weighted by molar-refractivity contribution is 6.04. The molecular formula is C18H13F3N2O. The molecule has 122 valence electrons. The van der Waals surface area contributed by atoms with E-state index in [-0.39, 0.29) is 17.4 Å².